The Morgan fingerprint density at radius 3 is 2.86 bits per heavy atom. The van der Waals surface area contributed by atoms with Crippen molar-refractivity contribution in [1.29, 1.82) is 0 Å². The Kier molecular flexibility index (Phi) is 7.54. The van der Waals surface area contributed by atoms with Gasteiger partial charge < -0.3 is 5.32 Å². The van der Waals surface area contributed by atoms with Crippen LogP contribution in [0.2, 0.25) is 0 Å². The fourth-order valence-electron chi connectivity index (χ4n) is 2.41. The molecule has 1 aromatic heterocycles. The molecule has 0 aliphatic rings. The molecule has 2 nitrogen and oxygen atoms in total. The van der Waals surface area contributed by atoms with Crippen LogP contribution in [-0.2, 0) is 6.54 Å². The molecule has 0 unspecified atom stereocenters. The van der Waals surface area contributed by atoms with Gasteiger partial charge in [0.15, 0.2) is 0 Å². The molecule has 0 radical (unpaired) electrons. The van der Waals surface area contributed by atoms with Crippen LogP contribution in [0.25, 0.3) is 10.9 Å². The Balaban J connectivity index is 1.78. The maximum Gasteiger partial charge on any atom is 0.0758 e. The van der Waals surface area contributed by atoms with Crippen molar-refractivity contribution in [3.05, 3.63) is 40.5 Å². The van der Waals surface area contributed by atoms with Gasteiger partial charge in [-0.1, -0.05) is 40.9 Å². The largest absolute Gasteiger partial charge is 0.313 e. The Morgan fingerprint density at radius 2 is 2.00 bits per heavy atom. The molecule has 1 heterocycles. The van der Waals surface area contributed by atoms with Crippen LogP contribution in [0.5, 0.6) is 0 Å². The van der Waals surface area contributed by atoms with E-state index in [2.05, 4.69) is 50.7 Å². The summed E-state index contributed by atoms with van der Waals surface area (Å²) in [6, 6.07) is 8.37. The SMILES string of the molecule is CSCCCCCCNCc1ccc(Br)c2cccnc12. The second-order valence-corrected chi connectivity index (χ2v) is 7.03. The lowest BCUT2D eigenvalue weighted by Crippen LogP contribution is -2.15. The van der Waals surface area contributed by atoms with Gasteiger partial charge >= 0.3 is 0 Å². The second-order valence-electron chi connectivity index (χ2n) is 5.19. The Morgan fingerprint density at radius 1 is 1.14 bits per heavy atom. The number of aromatic nitrogens is 1. The van der Waals surface area contributed by atoms with Crippen LogP contribution in [-0.4, -0.2) is 23.5 Å². The van der Waals surface area contributed by atoms with E-state index >= 15 is 0 Å². The number of unbranched alkanes of at least 4 members (excludes halogenated alkanes) is 3. The molecule has 0 saturated heterocycles. The average Bonchev–Trinajstić information content (AvgIpc) is 2.52. The monoisotopic (exact) mass is 366 g/mol. The molecule has 1 N–H and O–H groups in total. The Bertz CT molecular complexity index is 559. The van der Waals surface area contributed by atoms with Crippen molar-refractivity contribution in [2.24, 2.45) is 0 Å². The fourth-order valence-corrected chi connectivity index (χ4v) is 3.36. The highest BCUT2D eigenvalue weighted by Gasteiger charge is 2.04. The van der Waals surface area contributed by atoms with Crippen LogP contribution in [0.15, 0.2) is 34.9 Å². The first-order valence-corrected chi connectivity index (χ1v) is 9.73. The first-order valence-electron chi connectivity index (χ1n) is 7.54. The number of rotatable bonds is 9. The van der Waals surface area contributed by atoms with Crippen LogP contribution in [0.3, 0.4) is 0 Å². The predicted molar refractivity (Wildman–Crippen MR) is 98.0 cm³/mol. The lowest BCUT2D eigenvalue weighted by molar-refractivity contribution is 0.600. The molecule has 0 aliphatic carbocycles. The molecule has 1 aromatic carbocycles. The summed E-state index contributed by atoms with van der Waals surface area (Å²) in [5.41, 5.74) is 2.37. The molecule has 21 heavy (non-hydrogen) atoms. The molecular weight excluding hydrogens is 344 g/mol. The van der Waals surface area contributed by atoms with Gasteiger partial charge in [0.2, 0.25) is 0 Å². The van der Waals surface area contributed by atoms with Crippen molar-refractivity contribution < 1.29 is 0 Å². The zero-order valence-corrected chi connectivity index (χ0v) is 15.0. The smallest absolute Gasteiger partial charge is 0.0758 e. The topological polar surface area (TPSA) is 24.9 Å². The highest BCUT2D eigenvalue weighted by atomic mass is 79.9. The third-order valence-electron chi connectivity index (χ3n) is 3.57. The second kappa shape index (κ2) is 9.44. The minimum absolute atomic E-state index is 0.894. The number of pyridine rings is 1. The lowest BCUT2D eigenvalue weighted by atomic mass is 10.1. The number of halogens is 1. The summed E-state index contributed by atoms with van der Waals surface area (Å²) in [6.07, 6.45) is 9.33. The standard InChI is InChI=1S/C17H23BrN2S/c1-21-12-5-3-2-4-10-19-13-14-8-9-16(18)15-7-6-11-20-17(14)15/h6-9,11,19H,2-5,10,12-13H2,1H3. The molecule has 0 aliphatic heterocycles. The van der Waals surface area contributed by atoms with Crippen LogP contribution in [0.1, 0.15) is 31.2 Å². The molecular formula is C17H23BrN2S. The summed E-state index contributed by atoms with van der Waals surface area (Å²) in [5, 5.41) is 4.73. The number of nitrogens with zero attached hydrogens (tertiary/aromatic N) is 1. The van der Waals surface area contributed by atoms with E-state index in [0.717, 1.165) is 23.1 Å². The van der Waals surface area contributed by atoms with Gasteiger partial charge in [-0.3, -0.25) is 4.98 Å². The quantitative estimate of drug-likeness (QED) is 0.631. The molecule has 2 aromatic rings. The minimum atomic E-state index is 0.894. The number of nitrogens with one attached hydrogen (secondary N) is 1. The molecule has 4 heteroatoms. The predicted octanol–water partition coefficient (Wildman–Crippen LogP) is 5.01. The average molecular weight is 367 g/mol. The molecule has 0 bridgehead atoms. The van der Waals surface area contributed by atoms with Gasteiger partial charge in [0.05, 0.1) is 5.52 Å². The van der Waals surface area contributed by atoms with Crippen molar-refractivity contribution in [2.75, 3.05) is 18.6 Å². The van der Waals surface area contributed by atoms with E-state index in [1.807, 2.05) is 24.0 Å². The molecule has 0 saturated carbocycles. The van der Waals surface area contributed by atoms with Crippen molar-refractivity contribution in [2.45, 2.75) is 32.2 Å². The maximum atomic E-state index is 4.52. The first kappa shape index (κ1) is 16.8. The molecule has 2 rings (SSSR count). The minimum Gasteiger partial charge on any atom is -0.313 e. The van der Waals surface area contributed by atoms with Crippen LogP contribution < -0.4 is 5.32 Å². The zero-order chi connectivity index (χ0) is 14.9. The molecule has 114 valence electrons. The van der Waals surface area contributed by atoms with E-state index in [1.165, 1.54) is 42.4 Å². The van der Waals surface area contributed by atoms with Crippen LogP contribution >= 0.6 is 27.7 Å². The fraction of sp³-hybridized carbons (Fsp3) is 0.471. The number of fused-ring (bicyclic) bond motifs is 1. The van der Waals surface area contributed by atoms with E-state index in [-0.39, 0.29) is 0 Å². The molecule has 0 atom stereocenters. The number of thioether (sulfide) groups is 1. The summed E-state index contributed by atoms with van der Waals surface area (Å²) in [5.74, 6) is 1.30. The lowest BCUT2D eigenvalue weighted by Gasteiger charge is -2.09. The van der Waals surface area contributed by atoms with E-state index in [1.54, 1.807) is 0 Å². The molecule has 0 spiro atoms. The highest BCUT2D eigenvalue weighted by Crippen LogP contribution is 2.25. The summed E-state index contributed by atoms with van der Waals surface area (Å²) in [4.78, 5) is 4.52. The summed E-state index contributed by atoms with van der Waals surface area (Å²) < 4.78 is 1.11. The van der Waals surface area contributed by atoms with Gasteiger partial charge in [0.25, 0.3) is 0 Å². The summed E-state index contributed by atoms with van der Waals surface area (Å²) >= 11 is 5.53. The van der Waals surface area contributed by atoms with E-state index in [9.17, 15) is 0 Å². The van der Waals surface area contributed by atoms with E-state index < -0.39 is 0 Å². The van der Waals surface area contributed by atoms with Crippen LogP contribution in [0, 0.1) is 0 Å². The van der Waals surface area contributed by atoms with Crippen molar-refractivity contribution in [1.82, 2.24) is 10.3 Å². The van der Waals surface area contributed by atoms with Gasteiger partial charge in [0.1, 0.15) is 0 Å². The Labute approximate surface area is 140 Å². The van der Waals surface area contributed by atoms with Crippen molar-refractivity contribution in [3.63, 3.8) is 0 Å². The number of benzene rings is 1. The highest BCUT2D eigenvalue weighted by molar-refractivity contribution is 9.10. The van der Waals surface area contributed by atoms with E-state index in [4.69, 9.17) is 0 Å². The van der Waals surface area contributed by atoms with E-state index in [0.29, 0.717) is 0 Å². The van der Waals surface area contributed by atoms with Gasteiger partial charge in [-0.15, -0.1) is 0 Å². The van der Waals surface area contributed by atoms with Gasteiger partial charge in [0, 0.05) is 22.6 Å². The molecule has 0 fully saturated rings. The van der Waals surface area contributed by atoms with Crippen molar-refractivity contribution in [3.8, 4) is 0 Å². The first-order chi connectivity index (χ1) is 10.3. The molecule has 0 amide bonds. The van der Waals surface area contributed by atoms with Gasteiger partial charge in [-0.2, -0.15) is 11.8 Å². The van der Waals surface area contributed by atoms with Crippen LogP contribution in [0.4, 0.5) is 0 Å². The number of hydrogen-bond acceptors (Lipinski definition) is 3. The zero-order valence-electron chi connectivity index (χ0n) is 12.6. The maximum absolute atomic E-state index is 4.52. The summed E-state index contributed by atoms with van der Waals surface area (Å²) in [7, 11) is 0. The number of hydrogen-bond donors (Lipinski definition) is 1. The summed E-state index contributed by atoms with van der Waals surface area (Å²) in [6.45, 7) is 1.98. The van der Waals surface area contributed by atoms with Crippen molar-refractivity contribution >= 4 is 38.6 Å². The third kappa shape index (κ3) is 5.28. The normalized spacial score (nSPS) is 11.1. The third-order valence-corrected chi connectivity index (χ3v) is 4.96. The Hall–Kier alpha value is -0.580. The van der Waals surface area contributed by atoms with Gasteiger partial charge in [-0.05, 0) is 49.1 Å². The van der Waals surface area contributed by atoms with Gasteiger partial charge in [-0.25, -0.2) is 0 Å².